The molecule has 0 radical (unpaired) electrons. The van der Waals surface area contributed by atoms with Crippen LogP contribution in [0.3, 0.4) is 0 Å². The zero-order chi connectivity index (χ0) is 12.4. The van der Waals surface area contributed by atoms with E-state index in [1.165, 1.54) is 22.3 Å². The molecule has 0 saturated carbocycles. The molecule has 0 fully saturated rings. The predicted octanol–water partition coefficient (Wildman–Crippen LogP) is 3.51. The summed E-state index contributed by atoms with van der Waals surface area (Å²) >= 11 is 0. The van der Waals surface area contributed by atoms with Gasteiger partial charge in [0, 0.05) is 0 Å². The highest BCUT2D eigenvalue weighted by molar-refractivity contribution is 5.40. The molecular weight excluding hydrogens is 210 g/mol. The van der Waals surface area contributed by atoms with Gasteiger partial charge in [0.1, 0.15) is 5.76 Å². The van der Waals surface area contributed by atoms with Crippen LogP contribution in [0.15, 0.2) is 34.9 Å². The van der Waals surface area contributed by atoms with Crippen molar-refractivity contribution in [2.24, 2.45) is 0 Å². The molecule has 2 rings (SSSR count). The average molecular weight is 229 g/mol. The maximum Gasteiger partial charge on any atom is 0.125 e. The molecule has 1 aromatic heterocycles. The highest BCUT2D eigenvalue weighted by Crippen LogP contribution is 2.27. The van der Waals surface area contributed by atoms with Gasteiger partial charge in [0.25, 0.3) is 0 Å². The van der Waals surface area contributed by atoms with E-state index in [0.717, 1.165) is 5.76 Å². The Kier molecular flexibility index (Phi) is 3.34. The van der Waals surface area contributed by atoms with Crippen LogP contribution in [-0.2, 0) is 0 Å². The van der Waals surface area contributed by atoms with Crippen LogP contribution >= 0.6 is 0 Å². The van der Waals surface area contributed by atoms with E-state index in [1.54, 1.807) is 6.26 Å². The fraction of sp³-hybridized carbons (Fsp3) is 0.333. The number of hydrogen-bond donors (Lipinski definition) is 1. The Morgan fingerprint density at radius 1 is 1.06 bits per heavy atom. The van der Waals surface area contributed by atoms with Crippen molar-refractivity contribution in [3.05, 3.63) is 58.5 Å². The Hall–Kier alpha value is -1.54. The lowest BCUT2D eigenvalue weighted by Gasteiger charge is -2.18. The maximum atomic E-state index is 5.50. The Morgan fingerprint density at radius 2 is 1.76 bits per heavy atom. The zero-order valence-corrected chi connectivity index (χ0v) is 10.9. The SMILES string of the molecule is CNC(c1ccco1)c1cc(C)c(C)cc1C. The van der Waals surface area contributed by atoms with E-state index in [4.69, 9.17) is 4.42 Å². The summed E-state index contributed by atoms with van der Waals surface area (Å²) in [7, 11) is 1.96. The van der Waals surface area contributed by atoms with Crippen molar-refractivity contribution >= 4 is 0 Å². The average Bonchev–Trinajstić information content (AvgIpc) is 2.80. The first-order chi connectivity index (χ1) is 8.13. The molecule has 0 amide bonds. The number of hydrogen-bond acceptors (Lipinski definition) is 2. The second-order valence-corrected chi connectivity index (χ2v) is 4.53. The largest absolute Gasteiger partial charge is 0.467 e. The van der Waals surface area contributed by atoms with E-state index in [9.17, 15) is 0 Å². The van der Waals surface area contributed by atoms with Crippen LogP contribution in [0.25, 0.3) is 0 Å². The summed E-state index contributed by atoms with van der Waals surface area (Å²) in [5.74, 6) is 0.957. The van der Waals surface area contributed by atoms with Gasteiger partial charge < -0.3 is 9.73 Å². The topological polar surface area (TPSA) is 25.2 Å². The Morgan fingerprint density at radius 3 is 2.35 bits per heavy atom. The summed E-state index contributed by atoms with van der Waals surface area (Å²) in [4.78, 5) is 0. The van der Waals surface area contributed by atoms with E-state index >= 15 is 0 Å². The molecule has 0 aliphatic carbocycles. The molecule has 1 N–H and O–H groups in total. The van der Waals surface area contributed by atoms with Crippen molar-refractivity contribution in [1.29, 1.82) is 0 Å². The molecule has 2 aromatic rings. The van der Waals surface area contributed by atoms with Crippen molar-refractivity contribution in [2.75, 3.05) is 7.05 Å². The molecule has 0 aliphatic heterocycles. The molecule has 1 aromatic carbocycles. The van der Waals surface area contributed by atoms with Crippen molar-refractivity contribution < 1.29 is 4.42 Å². The first-order valence-corrected chi connectivity index (χ1v) is 5.92. The molecule has 17 heavy (non-hydrogen) atoms. The van der Waals surface area contributed by atoms with Gasteiger partial charge in [-0.3, -0.25) is 0 Å². The molecule has 2 nitrogen and oxygen atoms in total. The van der Waals surface area contributed by atoms with Crippen molar-refractivity contribution in [3.63, 3.8) is 0 Å². The third kappa shape index (κ3) is 2.27. The zero-order valence-electron chi connectivity index (χ0n) is 10.9. The van der Waals surface area contributed by atoms with E-state index in [2.05, 4.69) is 38.2 Å². The van der Waals surface area contributed by atoms with Crippen molar-refractivity contribution in [2.45, 2.75) is 26.8 Å². The molecule has 2 heteroatoms. The molecule has 0 saturated heterocycles. The Balaban J connectivity index is 2.48. The molecule has 1 heterocycles. The predicted molar refractivity (Wildman–Crippen MR) is 70.3 cm³/mol. The number of nitrogens with one attached hydrogen (secondary N) is 1. The number of aryl methyl sites for hydroxylation is 3. The van der Waals surface area contributed by atoms with Gasteiger partial charge in [0.05, 0.1) is 12.3 Å². The van der Waals surface area contributed by atoms with Crippen molar-refractivity contribution in [1.82, 2.24) is 5.32 Å². The minimum absolute atomic E-state index is 0.129. The lowest BCUT2D eigenvalue weighted by atomic mass is 9.94. The smallest absolute Gasteiger partial charge is 0.125 e. The first kappa shape index (κ1) is 11.9. The summed E-state index contributed by atoms with van der Waals surface area (Å²) in [5, 5.41) is 3.31. The van der Waals surface area contributed by atoms with Gasteiger partial charge in [-0.1, -0.05) is 12.1 Å². The molecular formula is C15H19NO. The second-order valence-electron chi connectivity index (χ2n) is 4.53. The minimum Gasteiger partial charge on any atom is -0.467 e. The Labute approximate surface area is 103 Å². The van der Waals surface area contributed by atoms with Gasteiger partial charge in [0.15, 0.2) is 0 Å². The lowest BCUT2D eigenvalue weighted by Crippen LogP contribution is -2.18. The summed E-state index contributed by atoms with van der Waals surface area (Å²) < 4.78 is 5.50. The lowest BCUT2D eigenvalue weighted by molar-refractivity contribution is 0.462. The van der Waals surface area contributed by atoms with Crippen LogP contribution in [0, 0.1) is 20.8 Å². The van der Waals surface area contributed by atoms with E-state index in [0.29, 0.717) is 0 Å². The van der Waals surface area contributed by atoms with E-state index in [-0.39, 0.29) is 6.04 Å². The van der Waals surface area contributed by atoms with Crippen LogP contribution in [0.2, 0.25) is 0 Å². The molecule has 1 atom stereocenters. The van der Waals surface area contributed by atoms with Crippen LogP contribution in [0.1, 0.15) is 34.1 Å². The minimum atomic E-state index is 0.129. The fourth-order valence-corrected chi connectivity index (χ4v) is 2.20. The van der Waals surface area contributed by atoms with Crippen molar-refractivity contribution in [3.8, 4) is 0 Å². The summed E-state index contributed by atoms with van der Waals surface area (Å²) in [6.07, 6.45) is 1.72. The Bertz CT molecular complexity index is 500. The number of furan rings is 1. The fourth-order valence-electron chi connectivity index (χ4n) is 2.20. The monoisotopic (exact) mass is 229 g/mol. The summed E-state index contributed by atoms with van der Waals surface area (Å²) in [6, 6.07) is 8.54. The maximum absolute atomic E-state index is 5.50. The van der Waals surface area contributed by atoms with Crippen LogP contribution < -0.4 is 5.32 Å². The third-order valence-corrected chi connectivity index (χ3v) is 3.31. The van der Waals surface area contributed by atoms with Gasteiger partial charge in [0.2, 0.25) is 0 Å². The molecule has 0 aliphatic rings. The van der Waals surface area contributed by atoms with Crippen LogP contribution in [0.4, 0.5) is 0 Å². The standard InChI is InChI=1S/C15H19NO/c1-10-8-12(3)13(9-11(10)2)15(16-4)14-6-5-7-17-14/h5-9,15-16H,1-4H3. The highest BCUT2D eigenvalue weighted by atomic mass is 16.3. The molecule has 0 spiro atoms. The van der Waals surface area contributed by atoms with Gasteiger partial charge >= 0.3 is 0 Å². The normalized spacial score (nSPS) is 12.7. The van der Waals surface area contributed by atoms with Crippen LogP contribution in [-0.4, -0.2) is 7.05 Å². The van der Waals surface area contributed by atoms with E-state index < -0.39 is 0 Å². The van der Waals surface area contributed by atoms with Gasteiger partial charge in [-0.2, -0.15) is 0 Å². The molecule has 0 bridgehead atoms. The van der Waals surface area contributed by atoms with Gasteiger partial charge in [-0.05, 0) is 62.2 Å². The van der Waals surface area contributed by atoms with Gasteiger partial charge in [-0.15, -0.1) is 0 Å². The van der Waals surface area contributed by atoms with E-state index in [1.807, 2.05) is 19.2 Å². The number of benzene rings is 1. The summed E-state index contributed by atoms with van der Waals surface area (Å²) in [6.45, 7) is 6.44. The van der Waals surface area contributed by atoms with Gasteiger partial charge in [-0.25, -0.2) is 0 Å². The number of rotatable bonds is 3. The molecule has 90 valence electrons. The second kappa shape index (κ2) is 4.76. The highest BCUT2D eigenvalue weighted by Gasteiger charge is 2.17. The first-order valence-electron chi connectivity index (χ1n) is 5.92. The summed E-state index contributed by atoms with van der Waals surface area (Å²) in [5.41, 5.74) is 5.23. The quantitative estimate of drug-likeness (QED) is 0.871. The third-order valence-electron chi connectivity index (χ3n) is 3.31. The molecule has 1 unspecified atom stereocenters. The van der Waals surface area contributed by atoms with Crippen LogP contribution in [0.5, 0.6) is 0 Å².